The highest BCUT2D eigenvalue weighted by molar-refractivity contribution is 5.85. The van der Waals surface area contributed by atoms with E-state index in [9.17, 15) is 19.5 Å². The SMILES string of the molecule is Cc1ccccc1-n1c(=O)c2c(O)c(Cc3ccccc3)c(=O)n(C)c2n(-c2ccccc2C)c1=O. The summed E-state index contributed by atoms with van der Waals surface area (Å²) in [7, 11) is 1.52. The van der Waals surface area contributed by atoms with Crippen LogP contribution in [-0.4, -0.2) is 18.8 Å². The molecule has 7 heteroatoms. The fourth-order valence-electron chi connectivity index (χ4n) is 4.69. The van der Waals surface area contributed by atoms with Crippen LogP contribution in [0, 0.1) is 13.8 Å². The van der Waals surface area contributed by atoms with E-state index in [0.717, 1.165) is 21.3 Å². The quantitative estimate of drug-likeness (QED) is 0.425. The zero-order valence-corrected chi connectivity index (χ0v) is 20.2. The summed E-state index contributed by atoms with van der Waals surface area (Å²) in [6.07, 6.45) is 0.141. The third kappa shape index (κ3) is 3.56. The van der Waals surface area contributed by atoms with Gasteiger partial charge in [0.2, 0.25) is 0 Å². The summed E-state index contributed by atoms with van der Waals surface area (Å²) in [6.45, 7) is 3.66. The summed E-state index contributed by atoms with van der Waals surface area (Å²) in [5.41, 5.74) is 1.60. The molecule has 180 valence electrons. The molecule has 36 heavy (non-hydrogen) atoms. The Morgan fingerprint density at radius 3 is 1.81 bits per heavy atom. The Hall–Kier alpha value is -4.65. The lowest BCUT2D eigenvalue weighted by atomic mass is 10.0. The fraction of sp³-hybridized carbons (Fsp3) is 0.138. The third-order valence-electron chi connectivity index (χ3n) is 6.57. The summed E-state index contributed by atoms with van der Waals surface area (Å²) >= 11 is 0. The number of nitrogens with zero attached hydrogens (tertiary/aromatic N) is 3. The Bertz CT molecular complexity index is 1810. The molecular formula is C29H25N3O4. The molecule has 2 heterocycles. The Labute approximate surface area is 206 Å². The maximum atomic E-state index is 14.0. The van der Waals surface area contributed by atoms with Gasteiger partial charge in [-0.3, -0.25) is 14.2 Å². The van der Waals surface area contributed by atoms with Gasteiger partial charge in [0.25, 0.3) is 11.1 Å². The molecule has 0 aliphatic carbocycles. The number of aromatic nitrogens is 3. The van der Waals surface area contributed by atoms with E-state index in [1.165, 1.54) is 16.2 Å². The molecule has 0 amide bonds. The van der Waals surface area contributed by atoms with Crippen molar-refractivity contribution < 1.29 is 5.11 Å². The second-order valence-electron chi connectivity index (χ2n) is 8.88. The van der Waals surface area contributed by atoms with Gasteiger partial charge in [-0.1, -0.05) is 66.7 Å². The molecule has 0 fully saturated rings. The number of aryl methyl sites for hydroxylation is 3. The van der Waals surface area contributed by atoms with E-state index in [1.54, 1.807) is 24.3 Å². The zero-order chi connectivity index (χ0) is 25.6. The van der Waals surface area contributed by atoms with Gasteiger partial charge in [0.15, 0.2) is 0 Å². The van der Waals surface area contributed by atoms with Crippen molar-refractivity contribution in [2.24, 2.45) is 7.05 Å². The van der Waals surface area contributed by atoms with Crippen LogP contribution in [-0.2, 0) is 13.5 Å². The number of benzene rings is 3. The Balaban J connectivity index is 2.00. The minimum Gasteiger partial charge on any atom is -0.506 e. The lowest BCUT2D eigenvalue weighted by molar-refractivity contribution is 0.471. The van der Waals surface area contributed by atoms with Gasteiger partial charge in [-0.2, -0.15) is 0 Å². The summed E-state index contributed by atoms with van der Waals surface area (Å²) < 4.78 is 3.69. The van der Waals surface area contributed by atoms with E-state index in [1.807, 2.05) is 68.4 Å². The molecule has 0 saturated carbocycles. The third-order valence-corrected chi connectivity index (χ3v) is 6.57. The normalized spacial score (nSPS) is 11.2. The average molecular weight is 480 g/mol. The molecule has 3 aromatic carbocycles. The van der Waals surface area contributed by atoms with E-state index in [4.69, 9.17) is 0 Å². The molecule has 5 rings (SSSR count). The van der Waals surface area contributed by atoms with E-state index < -0.39 is 22.6 Å². The van der Waals surface area contributed by atoms with Crippen molar-refractivity contribution in [2.45, 2.75) is 20.3 Å². The average Bonchev–Trinajstić information content (AvgIpc) is 2.87. The maximum absolute atomic E-state index is 14.0. The van der Waals surface area contributed by atoms with Gasteiger partial charge in [0.1, 0.15) is 16.8 Å². The molecule has 0 aliphatic heterocycles. The van der Waals surface area contributed by atoms with Crippen molar-refractivity contribution in [3.05, 3.63) is 132 Å². The highest BCUT2D eigenvalue weighted by Gasteiger charge is 2.25. The van der Waals surface area contributed by atoms with Crippen LogP contribution in [0.4, 0.5) is 0 Å². The summed E-state index contributed by atoms with van der Waals surface area (Å²) in [5, 5.41) is 11.3. The summed E-state index contributed by atoms with van der Waals surface area (Å²) in [4.78, 5) is 41.4. The van der Waals surface area contributed by atoms with Crippen LogP contribution in [0.15, 0.2) is 93.2 Å². The number of pyridine rings is 1. The molecule has 7 nitrogen and oxygen atoms in total. The van der Waals surface area contributed by atoms with Crippen LogP contribution < -0.4 is 16.8 Å². The van der Waals surface area contributed by atoms with E-state index >= 15 is 0 Å². The van der Waals surface area contributed by atoms with Gasteiger partial charge in [-0.15, -0.1) is 0 Å². The minimum absolute atomic E-state index is 0.0449. The van der Waals surface area contributed by atoms with Crippen LogP contribution in [0.25, 0.3) is 22.4 Å². The molecule has 2 aromatic heterocycles. The van der Waals surface area contributed by atoms with Crippen LogP contribution >= 0.6 is 0 Å². The smallest absolute Gasteiger partial charge is 0.341 e. The lowest BCUT2D eigenvalue weighted by Gasteiger charge is -2.20. The largest absolute Gasteiger partial charge is 0.506 e. The highest BCUT2D eigenvalue weighted by atomic mass is 16.3. The minimum atomic E-state index is -0.684. The fourth-order valence-corrected chi connectivity index (χ4v) is 4.69. The number of rotatable bonds is 4. The van der Waals surface area contributed by atoms with E-state index in [2.05, 4.69) is 0 Å². The van der Waals surface area contributed by atoms with Crippen molar-refractivity contribution >= 4 is 11.0 Å². The second kappa shape index (κ2) is 8.85. The first-order chi connectivity index (χ1) is 17.3. The molecule has 0 radical (unpaired) electrons. The van der Waals surface area contributed by atoms with Gasteiger partial charge < -0.3 is 5.11 Å². The highest BCUT2D eigenvalue weighted by Crippen LogP contribution is 2.27. The number of hydrogen-bond donors (Lipinski definition) is 1. The van der Waals surface area contributed by atoms with Crippen LogP contribution in [0.5, 0.6) is 5.75 Å². The van der Waals surface area contributed by atoms with Crippen molar-refractivity contribution in [3.63, 3.8) is 0 Å². The first-order valence-electron chi connectivity index (χ1n) is 11.6. The Kier molecular flexibility index (Phi) is 5.68. The molecule has 0 atom stereocenters. The molecular weight excluding hydrogens is 454 g/mol. The van der Waals surface area contributed by atoms with E-state index in [-0.39, 0.29) is 23.0 Å². The number of hydrogen-bond acceptors (Lipinski definition) is 4. The Morgan fingerprint density at radius 2 is 1.22 bits per heavy atom. The van der Waals surface area contributed by atoms with E-state index in [0.29, 0.717) is 11.4 Å². The van der Waals surface area contributed by atoms with Crippen molar-refractivity contribution in [1.82, 2.24) is 13.7 Å². The summed E-state index contributed by atoms with van der Waals surface area (Å²) in [6, 6.07) is 23.6. The van der Waals surface area contributed by atoms with Crippen molar-refractivity contribution in [2.75, 3.05) is 0 Å². The zero-order valence-electron chi connectivity index (χ0n) is 20.2. The molecule has 5 aromatic rings. The number of aromatic hydroxyl groups is 1. The number of fused-ring (bicyclic) bond motifs is 1. The van der Waals surface area contributed by atoms with Crippen molar-refractivity contribution in [3.8, 4) is 17.1 Å². The molecule has 0 aliphatic rings. The lowest BCUT2D eigenvalue weighted by Crippen LogP contribution is -2.41. The Morgan fingerprint density at radius 1 is 0.694 bits per heavy atom. The topological polar surface area (TPSA) is 86.2 Å². The second-order valence-corrected chi connectivity index (χ2v) is 8.88. The van der Waals surface area contributed by atoms with Crippen LogP contribution in [0.2, 0.25) is 0 Å². The predicted molar refractivity (Wildman–Crippen MR) is 141 cm³/mol. The van der Waals surface area contributed by atoms with Gasteiger partial charge in [-0.05, 0) is 42.7 Å². The van der Waals surface area contributed by atoms with Gasteiger partial charge in [-0.25, -0.2) is 13.9 Å². The van der Waals surface area contributed by atoms with Gasteiger partial charge in [0.05, 0.1) is 16.9 Å². The molecule has 0 unspecified atom stereocenters. The van der Waals surface area contributed by atoms with Gasteiger partial charge >= 0.3 is 5.69 Å². The van der Waals surface area contributed by atoms with Crippen molar-refractivity contribution in [1.29, 1.82) is 0 Å². The van der Waals surface area contributed by atoms with Crippen LogP contribution in [0.1, 0.15) is 22.3 Å². The summed E-state index contributed by atoms with van der Waals surface area (Å²) in [5.74, 6) is -0.411. The molecule has 0 bridgehead atoms. The number of para-hydroxylation sites is 2. The first-order valence-corrected chi connectivity index (χ1v) is 11.6. The molecule has 0 saturated heterocycles. The monoisotopic (exact) mass is 479 g/mol. The molecule has 0 spiro atoms. The maximum Gasteiger partial charge on any atom is 0.341 e. The predicted octanol–water partition coefficient (Wildman–Crippen LogP) is 3.75. The standard InChI is InChI=1S/C29H25N3O4/c1-18-11-7-9-15-22(18)31-26-24(28(35)32(29(31)36)23-16-10-8-12-19(23)2)25(33)21(27(34)30(26)3)17-20-13-5-4-6-14-20/h4-16,33H,17H2,1-3H3. The van der Waals surface area contributed by atoms with Crippen LogP contribution in [0.3, 0.4) is 0 Å². The van der Waals surface area contributed by atoms with Gasteiger partial charge in [0, 0.05) is 13.5 Å². The first kappa shape index (κ1) is 23.1. The molecule has 1 N–H and O–H groups in total.